The first-order valence-corrected chi connectivity index (χ1v) is 9.26. The van der Waals surface area contributed by atoms with Gasteiger partial charge in [0.2, 0.25) is 0 Å². The first-order chi connectivity index (χ1) is 6.83. The van der Waals surface area contributed by atoms with Crippen molar-refractivity contribution in [2.24, 2.45) is 13.5 Å². The van der Waals surface area contributed by atoms with Crippen molar-refractivity contribution in [3.8, 4) is 0 Å². The Balaban J connectivity index is 3.32. The van der Waals surface area contributed by atoms with Crippen LogP contribution in [0.4, 0.5) is 33.6 Å². The zero-order chi connectivity index (χ0) is 12.8. The van der Waals surface area contributed by atoms with Gasteiger partial charge in [0, 0.05) is 0 Å². The Morgan fingerprint density at radius 2 is 1.19 bits per heavy atom. The summed E-state index contributed by atoms with van der Waals surface area (Å²) in [5.74, 6) is 0. The Hall–Kier alpha value is 0.520. The van der Waals surface area contributed by atoms with Gasteiger partial charge in [-0.15, -0.1) is 0 Å². The average Bonchev–Trinajstić information content (AvgIpc) is 1.66. The number of hydrogen-bond donors (Lipinski definition) is 1. The van der Waals surface area contributed by atoms with Crippen LogP contribution in [0.15, 0.2) is 13.5 Å². The molecule has 1 aliphatic rings. The van der Waals surface area contributed by atoms with Crippen LogP contribution in [0.2, 0.25) is 0 Å². The van der Waals surface area contributed by atoms with E-state index in [2.05, 4.69) is 0 Å². The predicted molar refractivity (Wildman–Crippen MR) is 48.4 cm³/mol. The van der Waals surface area contributed by atoms with E-state index in [1.54, 1.807) is 13.5 Å². The minimum atomic E-state index is -6.88. The van der Waals surface area contributed by atoms with Crippen LogP contribution in [0.25, 0.3) is 0 Å². The molecule has 0 aromatic rings. The molecule has 0 bridgehead atoms. The topological polar surface area (TPSA) is 49.1 Å². The summed E-state index contributed by atoms with van der Waals surface area (Å²) in [4.78, 5) is 0.131. The van der Waals surface area contributed by atoms with Crippen LogP contribution in [-0.4, -0.2) is 0 Å². The maximum absolute atomic E-state index is 13.1. The van der Waals surface area contributed by atoms with Gasteiger partial charge in [0.1, 0.15) is 0 Å². The van der Waals surface area contributed by atoms with E-state index in [1.165, 1.54) is 0 Å². The monoisotopic (exact) mass is 334 g/mol. The summed E-state index contributed by atoms with van der Waals surface area (Å²) < 4.78 is 103. The summed E-state index contributed by atoms with van der Waals surface area (Å²) in [5.41, 5.74) is 0. The van der Waals surface area contributed by atoms with Gasteiger partial charge in [0.15, 0.2) is 0 Å². The number of rotatable bonds is 2. The summed E-state index contributed by atoms with van der Waals surface area (Å²) >= 11 is 0. The zero-order valence-corrected chi connectivity index (χ0v) is 10.4. The van der Waals surface area contributed by atoms with Crippen molar-refractivity contribution >= 4 is 31.7 Å². The van der Waals surface area contributed by atoms with Gasteiger partial charge >= 0.3 is 83.6 Å². The van der Waals surface area contributed by atoms with Gasteiger partial charge in [-0.05, 0) is 0 Å². The Morgan fingerprint density at radius 3 is 1.56 bits per heavy atom. The van der Waals surface area contributed by atoms with Crippen LogP contribution >= 0.6 is 31.7 Å². The minimum absolute atomic E-state index is 0.131. The third-order valence-corrected chi connectivity index (χ3v) is 8.43. The fraction of sp³-hybridized carbons (Fsp3) is 0. The second kappa shape index (κ2) is 4.02. The molecule has 1 N–H and O–H groups in total. The molecule has 98 valence electrons. The fourth-order valence-electron chi connectivity index (χ4n) is 0.674. The van der Waals surface area contributed by atoms with Gasteiger partial charge in [-0.1, -0.05) is 0 Å². The molecule has 0 aromatic carbocycles. The molecule has 1 heterocycles. The first-order valence-electron chi connectivity index (χ1n) is 3.09. The van der Waals surface area contributed by atoms with Crippen molar-refractivity contribution < 1.29 is 33.6 Å². The third-order valence-electron chi connectivity index (χ3n) is 0.937. The summed E-state index contributed by atoms with van der Waals surface area (Å²) in [5, 5.41) is 0. The summed E-state index contributed by atoms with van der Waals surface area (Å²) in [6.07, 6.45) is 0. The molecule has 0 aromatic heterocycles. The van der Waals surface area contributed by atoms with Crippen molar-refractivity contribution in [2.45, 2.75) is 0 Å². The quantitative estimate of drug-likeness (QED) is 0.449. The predicted octanol–water partition coefficient (Wildman–Crippen LogP) is 6.59. The molecule has 1 aliphatic heterocycles. The van der Waals surface area contributed by atoms with Crippen LogP contribution < -0.4 is 4.86 Å². The van der Waals surface area contributed by atoms with E-state index in [0.29, 0.717) is 0 Å². The van der Waals surface area contributed by atoms with E-state index in [9.17, 15) is 33.6 Å². The fourth-order valence-corrected chi connectivity index (χ4v) is 7.84. The van der Waals surface area contributed by atoms with Gasteiger partial charge in [-0.2, -0.15) is 0 Å². The summed E-state index contributed by atoms with van der Waals surface area (Å²) in [6.45, 7) is 0. The van der Waals surface area contributed by atoms with E-state index in [4.69, 9.17) is 0 Å². The molecular weight excluding hydrogens is 332 g/mol. The van der Waals surface area contributed by atoms with Crippen LogP contribution in [0.1, 0.15) is 0 Å². The molecule has 4 nitrogen and oxygen atoms in total. The van der Waals surface area contributed by atoms with Gasteiger partial charge in [0.05, 0.1) is 0 Å². The molecule has 16 heavy (non-hydrogen) atoms. The van der Waals surface area contributed by atoms with Crippen LogP contribution in [-0.2, 0) is 0 Å². The first kappa shape index (κ1) is 14.6. The molecule has 1 atom stereocenters. The molecule has 0 amide bonds. The molecule has 0 saturated heterocycles. The van der Waals surface area contributed by atoms with E-state index in [0.717, 1.165) is 0 Å². The molecule has 0 fully saturated rings. The van der Waals surface area contributed by atoms with Gasteiger partial charge in [0.25, 0.3) is 0 Å². The van der Waals surface area contributed by atoms with Crippen molar-refractivity contribution in [2.75, 3.05) is 0 Å². The van der Waals surface area contributed by atoms with Gasteiger partial charge < -0.3 is 0 Å². The average molecular weight is 334 g/mol. The number of halogens is 8. The Morgan fingerprint density at radius 1 is 0.750 bits per heavy atom. The second-order valence-corrected chi connectivity index (χ2v) is 9.22. The maximum atomic E-state index is 13.1. The van der Waals surface area contributed by atoms with Crippen molar-refractivity contribution in [1.29, 1.82) is 0 Å². The Labute approximate surface area is 84.6 Å². The molecule has 0 spiro atoms. The van der Waals surface area contributed by atoms with E-state index >= 15 is 0 Å². The van der Waals surface area contributed by atoms with E-state index < -0.39 is 31.7 Å². The molecular formula is H2F8N4P4. The van der Waals surface area contributed by atoms with E-state index in [-0.39, 0.29) is 4.86 Å². The third kappa shape index (κ3) is 4.41. The number of nitrogens with zero attached hydrogens (tertiary/aromatic N) is 3. The van der Waals surface area contributed by atoms with Crippen molar-refractivity contribution in [1.82, 2.24) is 4.86 Å². The second-order valence-electron chi connectivity index (χ2n) is 2.31. The number of nitrogens with one attached hydrogen (secondary N) is 1. The molecule has 16 heteroatoms. The summed E-state index contributed by atoms with van der Waals surface area (Å²) in [6, 6.07) is 0. The Kier molecular flexibility index (Phi) is 3.67. The molecule has 0 aliphatic carbocycles. The zero-order valence-electron chi connectivity index (χ0n) is 6.71. The van der Waals surface area contributed by atoms with E-state index in [1.807, 2.05) is 0 Å². The van der Waals surface area contributed by atoms with Crippen LogP contribution in [0.5, 0.6) is 0 Å². The normalized spacial score (nSPS) is 33.2. The summed E-state index contributed by atoms with van der Waals surface area (Å²) in [7, 11) is -24.8. The van der Waals surface area contributed by atoms with Gasteiger partial charge in [-0.25, -0.2) is 0 Å². The molecule has 1 rings (SSSR count). The SMILES string of the molecule is FP1(F)=NP(F)(F)=NP(F)(N[PH](F)(F)F)=N1. The van der Waals surface area contributed by atoms with Crippen molar-refractivity contribution in [3.05, 3.63) is 0 Å². The standard InChI is InChI=1S/F8H2N4P4/c1-13(2,3)9-16(8)11-14(4,5)10-15(6,7)12-16/h9,13H. The molecule has 0 saturated carbocycles. The molecule has 0 radical (unpaired) electrons. The number of hydrogen-bond acceptors (Lipinski definition) is 4. The van der Waals surface area contributed by atoms with Crippen LogP contribution in [0.3, 0.4) is 0 Å². The molecule has 1 unspecified atom stereocenters. The van der Waals surface area contributed by atoms with Gasteiger partial charge in [-0.3, -0.25) is 0 Å². The van der Waals surface area contributed by atoms with Crippen molar-refractivity contribution in [3.63, 3.8) is 0 Å². The Bertz CT molecular complexity index is 438. The van der Waals surface area contributed by atoms with Crippen LogP contribution in [0, 0.1) is 0 Å².